The molecule has 1 saturated heterocycles. The topological polar surface area (TPSA) is 59.1 Å². The van der Waals surface area contributed by atoms with Crippen LogP contribution in [0.25, 0.3) is 0 Å². The van der Waals surface area contributed by atoms with Gasteiger partial charge in [0.25, 0.3) is 0 Å². The van der Waals surface area contributed by atoms with E-state index in [1.54, 1.807) is 0 Å². The zero-order chi connectivity index (χ0) is 13.2. The Labute approximate surface area is 117 Å². The van der Waals surface area contributed by atoms with Crippen LogP contribution >= 0.6 is 23.4 Å². The number of rotatable bonds is 4. The molecule has 100 valence electrons. The third kappa shape index (κ3) is 3.17. The van der Waals surface area contributed by atoms with E-state index >= 15 is 0 Å². The average Bonchev–Trinajstić information content (AvgIpc) is 2.75. The first-order chi connectivity index (χ1) is 8.43. The zero-order valence-corrected chi connectivity index (χ0v) is 12.4. The maximum atomic E-state index is 12.1. The molecule has 1 fully saturated rings. The Morgan fingerprint density at radius 3 is 3.00 bits per heavy atom. The van der Waals surface area contributed by atoms with E-state index in [9.17, 15) is 8.42 Å². The lowest BCUT2D eigenvalue weighted by Crippen LogP contribution is -2.36. The van der Waals surface area contributed by atoms with Crippen molar-refractivity contribution in [2.75, 3.05) is 12.3 Å². The lowest BCUT2D eigenvalue weighted by Gasteiger charge is -2.22. The van der Waals surface area contributed by atoms with Crippen molar-refractivity contribution in [3.8, 4) is 0 Å². The summed E-state index contributed by atoms with van der Waals surface area (Å²) in [4.78, 5) is 3.84. The molecule has 1 atom stereocenters. The molecule has 0 amide bonds. The molecule has 1 aliphatic rings. The number of thioether (sulfide) groups is 1. The van der Waals surface area contributed by atoms with E-state index in [2.05, 4.69) is 16.6 Å². The largest absolute Gasteiger partial charge is 0.263 e. The third-order valence-corrected chi connectivity index (χ3v) is 6.37. The first-order valence-electron chi connectivity index (χ1n) is 5.66. The van der Waals surface area contributed by atoms with Crippen LogP contribution in [0, 0.1) is 0 Å². The molecule has 0 bridgehead atoms. The highest BCUT2D eigenvalue weighted by molar-refractivity contribution is 8.01. The molecule has 0 spiro atoms. The van der Waals surface area contributed by atoms with E-state index < -0.39 is 10.0 Å². The molecule has 1 aromatic rings. The predicted octanol–water partition coefficient (Wildman–Crippen LogP) is 2.30. The predicted molar refractivity (Wildman–Crippen MR) is 74.5 cm³/mol. The minimum atomic E-state index is -3.57. The lowest BCUT2D eigenvalue weighted by atomic mass is 10.1. The number of aromatic nitrogens is 1. The monoisotopic (exact) mass is 306 g/mol. The molecule has 4 nitrogen and oxygen atoms in total. The van der Waals surface area contributed by atoms with Crippen molar-refractivity contribution in [2.24, 2.45) is 0 Å². The van der Waals surface area contributed by atoms with Crippen LogP contribution in [0.3, 0.4) is 0 Å². The molecule has 1 N–H and O–H groups in total. The van der Waals surface area contributed by atoms with Gasteiger partial charge in [-0.1, -0.05) is 11.6 Å². The van der Waals surface area contributed by atoms with Crippen molar-refractivity contribution in [3.63, 3.8) is 0 Å². The van der Waals surface area contributed by atoms with Gasteiger partial charge in [-0.2, -0.15) is 11.8 Å². The summed E-state index contributed by atoms with van der Waals surface area (Å²) in [6.07, 6.45) is 4.90. The number of sulfonamides is 1. The number of nitrogens with one attached hydrogen (secondary N) is 1. The molecule has 0 radical (unpaired) electrons. The molecule has 2 heterocycles. The Morgan fingerprint density at radius 2 is 2.39 bits per heavy atom. The third-order valence-electron chi connectivity index (χ3n) is 2.96. The lowest BCUT2D eigenvalue weighted by molar-refractivity contribution is 0.552. The number of nitrogens with zero attached hydrogens (tertiary/aromatic N) is 1. The number of halogens is 1. The molecule has 1 aliphatic heterocycles. The Bertz CT molecular complexity index is 528. The van der Waals surface area contributed by atoms with Crippen molar-refractivity contribution in [2.45, 2.75) is 29.4 Å². The second-order valence-corrected chi connectivity index (χ2v) is 8.36. The maximum absolute atomic E-state index is 12.1. The van der Waals surface area contributed by atoms with Crippen LogP contribution in [0.15, 0.2) is 23.4 Å². The first kappa shape index (κ1) is 14.1. The number of hydrogen-bond donors (Lipinski definition) is 1. The fourth-order valence-electron chi connectivity index (χ4n) is 1.86. The molecule has 1 aromatic heterocycles. The normalized spacial score (nSPS) is 24.3. The maximum Gasteiger partial charge on any atom is 0.243 e. The van der Waals surface area contributed by atoms with Gasteiger partial charge in [0.2, 0.25) is 10.0 Å². The second kappa shape index (κ2) is 5.36. The molecule has 7 heteroatoms. The van der Waals surface area contributed by atoms with Gasteiger partial charge in [0.1, 0.15) is 4.90 Å². The van der Waals surface area contributed by atoms with Gasteiger partial charge in [-0.25, -0.2) is 13.1 Å². The molecule has 18 heavy (non-hydrogen) atoms. The highest BCUT2D eigenvalue weighted by Crippen LogP contribution is 2.37. The van der Waals surface area contributed by atoms with E-state index in [0.29, 0.717) is 6.54 Å². The summed E-state index contributed by atoms with van der Waals surface area (Å²) in [6, 6.07) is 1.47. The fourth-order valence-corrected chi connectivity index (χ4v) is 4.80. The molecule has 1 unspecified atom stereocenters. The Balaban J connectivity index is 2.11. The summed E-state index contributed by atoms with van der Waals surface area (Å²) in [5, 5.41) is 0.196. The summed E-state index contributed by atoms with van der Waals surface area (Å²) in [5.41, 5.74) is 0. The van der Waals surface area contributed by atoms with Crippen molar-refractivity contribution in [1.82, 2.24) is 9.71 Å². The van der Waals surface area contributed by atoms with E-state index in [-0.39, 0.29) is 14.7 Å². The summed E-state index contributed by atoms with van der Waals surface area (Å²) in [5.74, 6) is 1.09. The summed E-state index contributed by atoms with van der Waals surface area (Å²) in [6.45, 7) is 2.50. The smallest absolute Gasteiger partial charge is 0.243 e. The van der Waals surface area contributed by atoms with Crippen LogP contribution < -0.4 is 4.72 Å². The molecular weight excluding hydrogens is 292 g/mol. The quantitative estimate of drug-likeness (QED) is 0.927. The van der Waals surface area contributed by atoms with Crippen molar-refractivity contribution >= 4 is 33.4 Å². The summed E-state index contributed by atoms with van der Waals surface area (Å²) >= 11 is 7.68. The van der Waals surface area contributed by atoms with Crippen LogP contribution in [0.5, 0.6) is 0 Å². The van der Waals surface area contributed by atoms with Crippen molar-refractivity contribution in [1.29, 1.82) is 0 Å². The van der Waals surface area contributed by atoms with E-state index in [1.807, 2.05) is 11.8 Å². The number of pyridine rings is 1. The van der Waals surface area contributed by atoms with Crippen molar-refractivity contribution in [3.05, 3.63) is 23.5 Å². The Kier molecular flexibility index (Phi) is 4.21. The molecule has 0 aliphatic carbocycles. The second-order valence-electron chi connectivity index (χ2n) is 4.53. The molecular formula is C11H15ClN2O2S2. The van der Waals surface area contributed by atoms with Gasteiger partial charge in [0, 0.05) is 23.7 Å². The fraction of sp³-hybridized carbons (Fsp3) is 0.545. The van der Waals surface area contributed by atoms with E-state index in [1.165, 1.54) is 18.5 Å². The minimum absolute atomic E-state index is 0.0121. The summed E-state index contributed by atoms with van der Waals surface area (Å²) < 4.78 is 26.8. The van der Waals surface area contributed by atoms with Gasteiger partial charge < -0.3 is 0 Å². The van der Waals surface area contributed by atoms with Gasteiger partial charge in [0.15, 0.2) is 0 Å². The first-order valence-corrected chi connectivity index (χ1v) is 8.51. The van der Waals surface area contributed by atoms with Crippen LogP contribution in [-0.4, -0.2) is 30.4 Å². The van der Waals surface area contributed by atoms with Crippen LogP contribution in [0.2, 0.25) is 5.02 Å². The SMILES string of the molecule is CC1(CNS(=O)(=O)c2cnccc2Cl)CCCS1. The Morgan fingerprint density at radius 1 is 1.61 bits per heavy atom. The van der Waals surface area contributed by atoms with Crippen molar-refractivity contribution < 1.29 is 8.42 Å². The summed E-state index contributed by atoms with van der Waals surface area (Å²) in [7, 11) is -3.57. The zero-order valence-electron chi connectivity index (χ0n) is 10.0. The molecule has 2 rings (SSSR count). The number of hydrogen-bond acceptors (Lipinski definition) is 4. The van der Waals surface area contributed by atoms with Crippen LogP contribution in [0.4, 0.5) is 0 Å². The Hall–Kier alpha value is -0.300. The van der Waals surface area contributed by atoms with Gasteiger partial charge in [-0.05, 0) is 31.6 Å². The van der Waals surface area contributed by atoms with Gasteiger partial charge >= 0.3 is 0 Å². The van der Waals surface area contributed by atoms with E-state index in [0.717, 1.165) is 18.6 Å². The highest BCUT2D eigenvalue weighted by atomic mass is 35.5. The van der Waals surface area contributed by atoms with Gasteiger partial charge in [-0.3, -0.25) is 4.98 Å². The van der Waals surface area contributed by atoms with Crippen LogP contribution in [0.1, 0.15) is 19.8 Å². The van der Waals surface area contributed by atoms with E-state index in [4.69, 9.17) is 11.6 Å². The van der Waals surface area contributed by atoms with Gasteiger partial charge in [0.05, 0.1) is 5.02 Å². The highest BCUT2D eigenvalue weighted by Gasteiger charge is 2.31. The van der Waals surface area contributed by atoms with Gasteiger partial charge in [-0.15, -0.1) is 0 Å². The van der Waals surface area contributed by atoms with Crippen LogP contribution in [-0.2, 0) is 10.0 Å². The average molecular weight is 307 g/mol. The standard InChI is InChI=1S/C11H15ClN2O2S2/c1-11(4-2-6-17-11)8-14-18(15,16)10-7-13-5-3-9(10)12/h3,5,7,14H,2,4,6,8H2,1H3. The minimum Gasteiger partial charge on any atom is -0.263 e. The molecule has 0 aromatic carbocycles. The molecule has 0 saturated carbocycles.